The fourth-order valence-corrected chi connectivity index (χ4v) is 3.15. The van der Waals surface area contributed by atoms with Gasteiger partial charge in [-0.1, -0.05) is 44.5 Å². The second kappa shape index (κ2) is 7.16. The summed E-state index contributed by atoms with van der Waals surface area (Å²) in [6.45, 7) is 6.29. The van der Waals surface area contributed by atoms with Crippen molar-refractivity contribution in [3.63, 3.8) is 0 Å². The molecule has 0 heterocycles. The van der Waals surface area contributed by atoms with E-state index in [1.54, 1.807) is 0 Å². The van der Waals surface area contributed by atoms with Crippen molar-refractivity contribution in [1.29, 1.82) is 0 Å². The van der Waals surface area contributed by atoms with Crippen molar-refractivity contribution >= 4 is 11.9 Å². The van der Waals surface area contributed by atoms with Crippen LogP contribution in [0.5, 0.6) is 0 Å². The Kier molecular flexibility index (Phi) is 5.45. The zero-order chi connectivity index (χ0) is 17.0. The van der Waals surface area contributed by atoms with E-state index in [2.05, 4.69) is 43.4 Å². The number of aliphatic carboxylic acids is 1. The number of carbonyl (C=O) groups excluding carboxylic acids is 1. The van der Waals surface area contributed by atoms with E-state index < -0.39 is 11.4 Å². The molecule has 0 saturated heterocycles. The summed E-state index contributed by atoms with van der Waals surface area (Å²) >= 11 is 0. The van der Waals surface area contributed by atoms with E-state index in [0.717, 1.165) is 12.8 Å². The molecule has 0 aliphatic heterocycles. The van der Waals surface area contributed by atoms with Crippen LogP contribution >= 0.6 is 0 Å². The lowest BCUT2D eigenvalue weighted by Gasteiger charge is -2.37. The van der Waals surface area contributed by atoms with Gasteiger partial charge in [-0.2, -0.15) is 0 Å². The molecule has 0 bridgehead atoms. The summed E-state index contributed by atoms with van der Waals surface area (Å²) in [5.74, 6) is -0.481. The van der Waals surface area contributed by atoms with Crippen molar-refractivity contribution < 1.29 is 14.7 Å². The number of amides is 1. The second-order valence-corrected chi connectivity index (χ2v) is 7.18. The van der Waals surface area contributed by atoms with Crippen LogP contribution in [0.2, 0.25) is 0 Å². The topological polar surface area (TPSA) is 66.4 Å². The number of rotatable bonds is 7. The molecule has 23 heavy (non-hydrogen) atoms. The van der Waals surface area contributed by atoms with E-state index in [0.29, 0.717) is 18.8 Å². The van der Waals surface area contributed by atoms with Gasteiger partial charge in [-0.25, -0.2) is 0 Å². The van der Waals surface area contributed by atoms with Gasteiger partial charge in [0.25, 0.3) is 0 Å². The molecule has 1 unspecified atom stereocenters. The number of benzene rings is 1. The van der Waals surface area contributed by atoms with Crippen molar-refractivity contribution in [2.75, 3.05) is 0 Å². The molecule has 2 N–H and O–H groups in total. The molecule has 1 aliphatic carbocycles. The normalized spacial score (nSPS) is 17.4. The quantitative estimate of drug-likeness (QED) is 0.809. The largest absolute Gasteiger partial charge is 0.481 e. The summed E-state index contributed by atoms with van der Waals surface area (Å²) in [5.41, 5.74) is 1.67. The predicted molar refractivity (Wildman–Crippen MR) is 90.4 cm³/mol. The van der Waals surface area contributed by atoms with Crippen LogP contribution in [0.4, 0.5) is 0 Å². The highest BCUT2D eigenvalue weighted by Crippen LogP contribution is 2.44. The summed E-state index contributed by atoms with van der Waals surface area (Å²) in [6.07, 6.45) is 2.97. The third kappa shape index (κ3) is 4.34. The van der Waals surface area contributed by atoms with Gasteiger partial charge in [-0.05, 0) is 43.2 Å². The van der Waals surface area contributed by atoms with Crippen LogP contribution in [-0.2, 0) is 16.0 Å². The van der Waals surface area contributed by atoms with Gasteiger partial charge in [0.05, 0.1) is 5.41 Å². The van der Waals surface area contributed by atoms with Gasteiger partial charge in [0.2, 0.25) is 5.91 Å². The summed E-state index contributed by atoms with van der Waals surface area (Å²) in [4.78, 5) is 23.4. The fourth-order valence-electron chi connectivity index (χ4n) is 3.15. The molecule has 1 aliphatic rings. The van der Waals surface area contributed by atoms with Crippen molar-refractivity contribution in [2.45, 2.75) is 64.8 Å². The minimum atomic E-state index is -0.837. The first kappa shape index (κ1) is 17.5. The summed E-state index contributed by atoms with van der Waals surface area (Å²) in [5, 5.41) is 12.2. The predicted octanol–water partition coefficient (Wildman–Crippen LogP) is 3.50. The number of carbonyl (C=O) groups is 2. The molecule has 1 aromatic rings. The average molecular weight is 317 g/mol. The van der Waals surface area contributed by atoms with Crippen LogP contribution in [-0.4, -0.2) is 23.0 Å². The molecule has 4 nitrogen and oxygen atoms in total. The van der Waals surface area contributed by atoms with Gasteiger partial charge in [-0.15, -0.1) is 0 Å². The second-order valence-electron chi connectivity index (χ2n) is 7.18. The first-order valence-corrected chi connectivity index (χ1v) is 8.44. The van der Waals surface area contributed by atoms with E-state index in [4.69, 9.17) is 0 Å². The maximum atomic E-state index is 12.1. The van der Waals surface area contributed by atoms with Gasteiger partial charge in [0.1, 0.15) is 0 Å². The third-order valence-electron chi connectivity index (χ3n) is 4.86. The summed E-state index contributed by atoms with van der Waals surface area (Å²) in [7, 11) is 0. The van der Waals surface area contributed by atoms with Gasteiger partial charge >= 0.3 is 5.97 Å². The number of carboxylic acid groups (broad SMARTS) is 1. The summed E-state index contributed by atoms with van der Waals surface area (Å²) < 4.78 is 0. The van der Waals surface area contributed by atoms with E-state index in [1.807, 2.05) is 6.92 Å². The van der Waals surface area contributed by atoms with Crippen LogP contribution in [0.25, 0.3) is 0 Å². The molecule has 1 amide bonds. The first-order chi connectivity index (χ1) is 10.8. The highest BCUT2D eigenvalue weighted by atomic mass is 16.4. The smallest absolute Gasteiger partial charge is 0.310 e. The minimum Gasteiger partial charge on any atom is -0.481 e. The van der Waals surface area contributed by atoms with Crippen molar-refractivity contribution in [2.24, 2.45) is 5.41 Å². The zero-order valence-electron chi connectivity index (χ0n) is 14.3. The Morgan fingerprint density at radius 3 is 2.22 bits per heavy atom. The molecule has 1 saturated carbocycles. The Bertz CT molecular complexity index is 558. The summed E-state index contributed by atoms with van der Waals surface area (Å²) in [6, 6.07) is 8.45. The maximum Gasteiger partial charge on any atom is 0.310 e. The number of hydrogen-bond acceptors (Lipinski definition) is 2. The average Bonchev–Trinajstić information content (AvgIpc) is 2.42. The standard InChI is InChI=1S/C19H27NO3/c1-13(2)16-7-5-15(6-8-16)11-14(3)20-17(21)12-19(18(22)23)9-4-10-19/h5-8,13-14H,4,9-12H2,1-3H3,(H,20,21)(H,22,23). The number of carboxylic acids is 1. The number of hydrogen-bond donors (Lipinski definition) is 2. The van der Waals surface area contributed by atoms with E-state index in [-0.39, 0.29) is 18.4 Å². The van der Waals surface area contributed by atoms with Gasteiger partial charge in [-0.3, -0.25) is 9.59 Å². The molecule has 0 spiro atoms. The van der Waals surface area contributed by atoms with E-state index in [9.17, 15) is 14.7 Å². The Morgan fingerprint density at radius 1 is 1.17 bits per heavy atom. The molecule has 4 heteroatoms. The molecule has 0 aromatic heterocycles. The zero-order valence-corrected chi connectivity index (χ0v) is 14.3. The maximum absolute atomic E-state index is 12.1. The highest BCUT2D eigenvalue weighted by molar-refractivity contribution is 5.85. The molecular weight excluding hydrogens is 290 g/mol. The Balaban J connectivity index is 1.85. The van der Waals surface area contributed by atoms with Crippen LogP contribution in [0.1, 0.15) is 63.5 Å². The van der Waals surface area contributed by atoms with Crippen LogP contribution in [0.3, 0.4) is 0 Å². The van der Waals surface area contributed by atoms with Gasteiger partial charge in [0.15, 0.2) is 0 Å². The molecule has 1 aromatic carbocycles. The lowest BCUT2D eigenvalue weighted by atomic mass is 9.66. The lowest BCUT2D eigenvalue weighted by molar-refractivity contribution is -0.157. The Morgan fingerprint density at radius 2 is 1.78 bits per heavy atom. The highest BCUT2D eigenvalue weighted by Gasteiger charge is 2.45. The Labute approximate surface area is 138 Å². The van der Waals surface area contributed by atoms with E-state index in [1.165, 1.54) is 11.1 Å². The Hall–Kier alpha value is -1.84. The van der Waals surface area contributed by atoms with Crippen molar-refractivity contribution in [1.82, 2.24) is 5.32 Å². The SMILES string of the molecule is CC(Cc1ccc(C(C)C)cc1)NC(=O)CC1(C(=O)O)CCC1. The van der Waals surface area contributed by atoms with Crippen LogP contribution in [0, 0.1) is 5.41 Å². The molecule has 1 atom stereocenters. The van der Waals surface area contributed by atoms with Crippen LogP contribution in [0.15, 0.2) is 24.3 Å². The van der Waals surface area contributed by atoms with Crippen molar-refractivity contribution in [3.05, 3.63) is 35.4 Å². The molecule has 0 radical (unpaired) electrons. The molecule has 2 rings (SSSR count). The third-order valence-corrected chi connectivity index (χ3v) is 4.86. The van der Waals surface area contributed by atoms with E-state index >= 15 is 0 Å². The monoisotopic (exact) mass is 317 g/mol. The first-order valence-electron chi connectivity index (χ1n) is 8.44. The van der Waals surface area contributed by atoms with Gasteiger partial charge in [0, 0.05) is 12.5 Å². The molecule has 126 valence electrons. The molecule has 1 fully saturated rings. The molecular formula is C19H27NO3. The van der Waals surface area contributed by atoms with Crippen LogP contribution < -0.4 is 5.32 Å². The van der Waals surface area contributed by atoms with Crippen molar-refractivity contribution in [3.8, 4) is 0 Å². The fraction of sp³-hybridized carbons (Fsp3) is 0.579. The minimum absolute atomic E-state index is 0.00155. The number of nitrogens with one attached hydrogen (secondary N) is 1. The van der Waals surface area contributed by atoms with Gasteiger partial charge < -0.3 is 10.4 Å². The lowest BCUT2D eigenvalue weighted by Crippen LogP contribution is -2.44.